The number of amides is 2. The Balaban J connectivity index is 2.09. The van der Waals surface area contributed by atoms with Crippen LogP contribution in [0.25, 0.3) is 0 Å². The summed E-state index contributed by atoms with van der Waals surface area (Å²) in [5, 5.41) is 2.13. The highest BCUT2D eigenvalue weighted by Crippen LogP contribution is 2.35. The number of para-hydroxylation sites is 1. The Morgan fingerprint density at radius 1 is 1.32 bits per heavy atom. The predicted molar refractivity (Wildman–Crippen MR) is 91.4 cm³/mol. The van der Waals surface area contributed by atoms with E-state index in [9.17, 15) is 22.8 Å². The van der Waals surface area contributed by atoms with E-state index in [4.69, 9.17) is 0 Å². The fraction of sp³-hybridized carbons (Fsp3) is 0.438. The van der Waals surface area contributed by atoms with Gasteiger partial charge in [-0.15, -0.1) is 0 Å². The van der Waals surface area contributed by atoms with Gasteiger partial charge in [-0.25, -0.2) is 0 Å². The quantitative estimate of drug-likeness (QED) is 0.861. The number of nitrogens with zero attached hydrogens (tertiary/aromatic N) is 2. The minimum absolute atomic E-state index is 0.213. The number of thioether (sulfide) groups is 1. The Hall–Kier alpha value is -2.03. The van der Waals surface area contributed by atoms with Crippen LogP contribution in [-0.4, -0.2) is 40.2 Å². The molecule has 1 aromatic carbocycles. The van der Waals surface area contributed by atoms with Crippen molar-refractivity contribution in [3.8, 4) is 0 Å². The molecule has 9 heteroatoms. The molecule has 136 valence electrons. The minimum Gasteiger partial charge on any atom is -0.325 e. The van der Waals surface area contributed by atoms with Crippen LogP contribution >= 0.6 is 11.8 Å². The molecule has 1 atom stereocenters. The van der Waals surface area contributed by atoms with Gasteiger partial charge in [0.25, 0.3) is 0 Å². The Morgan fingerprint density at radius 3 is 2.60 bits per heavy atom. The zero-order chi connectivity index (χ0) is 18.6. The number of alkyl halides is 3. The lowest BCUT2D eigenvalue weighted by atomic mass is 10.1. The van der Waals surface area contributed by atoms with E-state index >= 15 is 0 Å². The van der Waals surface area contributed by atoms with Crippen LogP contribution in [0.2, 0.25) is 0 Å². The topological polar surface area (TPSA) is 61.8 Å². The van der Waals surface area contributed by atoms with Crippen molar-refractivity contribution in [2.24, 2.45) is 4.99 Å². The summed E-state index contributed by atoms with van der Waals surface area (Å²) in [7, 11) is 0. The molecular formula is C16H18F3N3O2S. The summed E-state index contributed by atoms with van der Waals surface area (Å²) in [5.41, 5.74) is -1.23. The molecule has 0 saturated carbocycles. The molecule has 2 amide bonds. The van der Waals surface area contributed by atoms with E-state index < -0.39 is 22.9 Å². The van der Waals surface area contributed by atoms with Crippen LogP contribution in [-0.2, 0) is 15.8 Å². The summed E-state index contributed by atoms with van der Waals surface area (Å²) in [6.45, 7) is 4.56. The van der Waals surface area contributed by atoms with E-state index in [2.05, 4.69) is 10.3 Å². The van der Waals surface area contributed by atoms with Crippen LogP contribution in [0.5, 0.6) is 0 Å². The molecule has 0 radical (unpaired) electrons. The van der Waals surface area contributed by atoms with Crippen LogP contribution in [0, 0.1) is 0 Å². The van der Waals surface area contributed by atoms with E-state index in [-0.39, 0.29) is 18.0 Å². The van der Waals surface area contributed by atoms with Crippen LogP contribution < -0.4 is 5.32 Å². The van der Waals surface area contributed by atoms with Gasteiger partial charge in [-0.2, -0.15) is 13.2 Å². The maximum absolute atomic E-state index is 13.0. The van der Waals surface area contributed by atoms with Gasteiger partial charge in [0, 0.05) is 19.5 Å². The Labute approximate surface area is 147 Å². The molecule has 1 aliphatic heterocycles. The summed E-state index contributed by atoms with van der Waals surface area (Å²) in [6.07, 6.45) is -4.78. The van der Waals surface area contributed by atoms with Crippen molar-refractivity contribution in [2.75, 3.05) is 18.4 Å². The second-order valence-corrected chi connectivity index (χ2v) is 6.41. The van der Waals surface area contributed by atoms with Gasteiger partial charge in [0.2, 0.25) is 11.8 Å². The van der Waals surface area contributed by atoms with Crippen molar-refractivity contribution < 1.29 is 22.8 Å². The van der Waals surface area contributed by atoms with Gasteiger partial charge in [0.05, 0.1) is 11.3 Å². The van der Waals surface area contributed by atoms with E-state index in [0.717, 1.165) is 6.07 Å². The maximum atomic E-state index is 13.0. The van der Waals surface area contributed by atoms with E-state index in [0.29, 0.717) is 18.3 Å². The SMILES string of the molecule is CCN=C1S[C@@H](CC(=O)Nc2ccccc2C(F)(F)F)C(=O)N1CC. The molecule has 0 spiro atoms. The van der Waals surface area contributed by atoms with Crippen LogP contribution in [0.1, 0.15) is 25.8 Å². The number of aliphatic imine (C=N–C) groups is 1. The molecule has 0 aromatic heterocycles. The fourth-order valence-corrected chi connectivity index (χ4v) is 3.66. The number of anilines is 1. The molecule has 5 nitrogen and oxygen atoms in total. The summed E-state index contributed by atoms with van der Waals surface area (Å²) >= 11 is 1.17. The summed E-state index contributed by atoms with van der Waals surface area (Å²) in [5.74, 6) is -0.893. The number of amidine groups is 1. The van der Waals surface area contributed by atoms with Crippen molar-refractivity contribution in [2.45, 2.75) is 31.7 Å². The number of halogens is 3. The lowest BCUT2D eigenvalue weighted by molar-refractivity contribution is -0.137. The second kappa shape index (κ2) is 7.90. The summed E-state index contributed by atoms with van der Waals surface area (Å²) in [6, 6.07) is 4.75. The van der Waals surface area contributed by atoms with E-state index in [1.807, 2.05) is 6.92 Å². The highest BCUT2D eigenvalue weighted by molar-refractivity contribution is 8.15. The molecule has 0 bridgehead atoms. The Morgan fingerprint density at radius 2 is 2.00 bits per heavy atom. The van der Waals surface area contributed by atoms with Gasteiger partial charge < -0.3 is 5.32 Å². The molecule has 1 N–H and O–H groups in total. The van der Waals surface area contributed by atoms with Crippen molar-refractivity contribution in [1.29, 1.82) is 0 Å². The van der Waals surface area contributed by atoms with Gasteiger partial charge in [-0.1, -0.05) is 23.9 Å². The first kappa shape index (κ1) is 19.3. The number of carbonyl (C=O) groups is 2. The molecule has 2 rings (SSSR count). The normalized spacial score (nSPS) is 19.6. The zero-order valence-corrected chi connectivity index (χ0v) is 14.6. The monoisotopic (exact) mass is 373 g/mol. The number of carbonyl (C=O) groups excluding carboxylic acids is 2. The van der Waals surface area contributed by atoms with Gasteiger partial charge >= 0.3 is 6.18 Å². The third-order valence-corrected chi connectivity index (χ3v) is 4.72. The first-order valence-electron chi connectivity index (χ1n) is 7.76. The molecule has 1 aromatic rings. The van der Waals surface area contributed by atoms with Crippen molar-refractivity contribution in [3.05, 3.63) is 29.8 Å². The molecule has 1 saturated heterocycles. The summed E-state index contributed by atoms with van der Waals surface area (Å²) < 4.78 is 38.9. The highest BCUT2D eigenvalue weighted by atomic mass is 32.2. The van der Waals surface area contributed by atoms with Gasteiger partial charge in [0.1, 0.15) is 5.25 Å². The van der Waals surface area contributed by atoms with Crippen LogP contribution in [0.4, 0.5) is 18.9 Å². The number of hydrogen-bond donors (Lipinski definition) is 1. The first-order valence-corrected chi connectivity index (χ1v) is 8.64. The highest BCUT2D eigenvalue weighted by Gasteiger charge is 2.38. The fourth-order valence-electron chi connectivity index (χ4n) is 2.40. The smallest absolute Gasteiger partial charge is 0.325 e. The first-order chi connectivity index (χ1) is 11.8. The van der Waals surface area contributed by atoms with Gasteiger partial charge in [0.15, 0.2) is 5.17 Å². The van der Waals surface area contributed by atoms with Gasteiger partial charge in [-0.3, -0.25) is 19.5 Å². The molecular weight excluding hydrogens is 355 g/mol. The lowest BCUT2D eigenvalue weighted by Crippen LogP contribution is -2.33. The maximum Gasteiger partial charge on any atom is 0.418 e. The Bertz CT molecular complexity index is 691. The average molecular weight is 373 g/mol. The second-order valence-electron chi connectivity index (χ2n) is 5.24. The molecule has 1 aliphatic rings. The van der Waals surface area contributed by atoms with Crippen LogP contribution in [0.15, 0.2) is 29.3 Å². The van der Waals surface area contributed by atoms with Crippen molar-refractivity contribution in [3.63, 3.8) is 0 Å². The van der Waals surface area contributed by atoms with Crippen molar-refractivity contribution in [1.82, 2.24) is 4.90 Å². The molecule has 0 unspecified atom stereocenters. The van der Waals surface area contributed by atoms with Gasteiger partial charge in [-0.05, 0) is 26.0 Å². The van der Waals surface area contributed by atoms with E-state index in [1.165, 1.54) is 34.9 Å². The summed E-state index contributed by atoms with van der Waals surface area (Å²) in [4.78, 5) is 30.2. The Kier molecular flexibility index (Phi) is 6.10. The van der Waals surface area contributed by atoms with Crippen molar-refractivity contribution >= 4 is 34.4 Å². The largest absolute Gasteiger partial charge is 0.418 e. The predicted octanol–water partition coefficient (Wildman–Crippen LogP) is 3.37. The third kappa shape index (κ3) is 4.53. The number of benzene rings is 1. The molecule has 0 aliphatic carbocycles. The molecule has 1 fully saturated rings. The average Bonchev–Trinajstić information content (AvgIpc) is 2.82. The standard InChI is InChI=1S/C16H18F3N3O2S/c1-3-20-15-22(4-2)14(24)12(25-15)9-13(23)21-11-8-6-5-7-10(11)16(17,18)19/h5-8,12H,3-4,9H2,1-2H3,(H,21,23)/t12-/m0/s1. The lowest BCUT2D eigenvalue weighted by Gasteiger charge is -2.15. The third-order valence-electron chi connectivity index (χ3n) is 3.51. The number of hydrogen-bond acceptors (Lipinski definition) is 4. The number of rotatable bonds is 5. The van der Waals surface area contributed by atoms with E-state index in [1.54, 1.807) is 6.92 Å². The zero-order valence-electron chi connectivity index (χ0n) is 13.8. The van der Waals surface area contributed by atoms with Crippen LogP contribution in [0.3, 0.4) is 0 Å². The molecule has 1 heterocycles. The minimum atomic E-state index is -4.57. The molecule has 25 heavy (non-hydrogen) atoms. The number of nitrogens with one attached hydrogen (secondary N) is 1.